The van der Waals surface area contributed by atoms with Gasteiger partial charge in [-0.3, -0.25) is 23.9 Å². The summed E-state index contributed by atoms with van der Waals surface area (Å²) in [4.78, 5) is 52.1. The summed E-state index contributed by atoms with van der Waals surface area (Å²) in [6.07, 6.45) is 10.2. The molecule has 4 saturated carbocycles. The number of nitrogens with one attached hydrogen (secondary N) is 3. The van der Waals surface area contributed by atoms with Gasteiger partial charge in [-0.2, -0.15) is 4.98 Å². The van der Waals surface area contributed by atoms with E-state index in [2.05, 4.69) is 43.4 Å². The standard InChI is InChI=1S/C45H56N8O6/c1-4-40(54)48-34-6-5-7-36(24-34)53-42(56)20-30(2)37-29-47-44(50-43(37)53)49-38-9-8-35(25-39(38)57-3)52-13-11-51(12-14-52)15-17-59-19-18-58-16-10-46-41(55)28-45-26-31-21-32(27-45)23-33(45)22-31/h4-9,20,24-25,29,31-33H,1,10-19,21-23,26-28H2,2-3H3,(H,46,55)(H,48,54)(H,47,49,50). The summed E-state index contributed by atoms with van der Waals surface area (Å²) in [5, 5.41) is 9.85. The first kappa shape index (κ1) is 40.5. The second kappa shape index (κ2) is 17.9. The molecule has 312 valence electrons. The SMILES string of the molecule is C=CC(=O)Nc1cccc(-n2c(=O)cc(C)c3cnc(Nc4ccc(N5CCN(CCOCCOCCNC(=O)CC67CC8CC(CC6C8)C7)CC5)cc4OC)nc32)c1. The Morgan fingerprint density at radius 3 is 2.49 bits per heavy atom. The molecule has 0 spiro atoms. The highest BCUT2D eigenvalue weighted by Gasteiger charge is 2.57. The number of hydrogen-bond donors (Lipinski definition) is 3. The smallest absolute Gasteiger partial charge is 0.257 e. The third kappa shape index (κ3) is 9.14. The summed E-state index contributed by atoms with van der Waals surface area (Å²) in [7, 11) is 1.63. The molecule has 59 heavy (non-hydrogen) atoms. The number of pyridine rings is 1. The molecule has 14 nitrogen and oxygen atoms in total. The van der Waals surface area contributed by atoms with Crippen LogP contribution in [-0.4, -0.2) is 104 Å². The van der Waals surface area contributed by atoms with Crippen LogP contribution in [0.25, 0.3) is 16.7 Å². The number of carbonyl (C=O) groups is 2. The van der Waals surface area contributed by atoms with Crippen molar-refractivity contribution < 1.29 is 23.8 Å². The third-order valence-electron chi connectivity index (χ3n) is 12.9. The van der Waals surface area contributed by atoms with Crippen LogP contribution in [0.2, 0.25) is 0 Å². The Labute approximate surface area is 345 Å². The van der Waals surface area contributed by atoms with E-state index in [1.165, 1.54) is 42.7 Å². The van der Waals surface area contributed by atoms with E-state index in [4.69, 9.17) is 19.2 Å². The first-order valence-electron chi connectivity index (χ1n) is 21.0. The van der Waals surface area contributed by atoms with Crippen molar-refractivity contribution in [2.24, 2.45) is 23.2 Å². The summed E-state index contributed by atoms with van der Waals surface area (Å²) < 4.78 is 18.9. The molecule has 5 aliphatic rings. The summed E-state index contributed by atoms with van der Waals surface area (Å²) in [5.41, 5.74) is 4.04. The van der Waals surface area contributed by atoms with Crippen molar-refractivity contribution in [2.75, 3.05) is 88.3 Å². The molecule has 3 heterocycles. The zero-order chi connectivity index (χ0) is 40.9. The van der Waals surface area contributed by atoms with Crippen LogP contribution in [0.15, 0.2) is 72.2 Å². The van der Waals surface area contributed by atoms with Crippen LogP contribution in [0.1, 0.15) is 44.1 Å². The number of hydrogen-bond acceptors (Lipinski definition) is 11. The number of anilines is 4. The van der Waals surface area contributed by atoms with Crippen molar-refractivity contribution in [1.29, 1.82) is 0 Å². The lowest BCUT2D eigenvalue weighted by Crippen LogP contribution is -2.47. The quantitative estimate of drug-likeness (QED) is 0.0870. The zero-order valence-electron chi connectivity index (χ0n) is 34.2. The fourth-order valence-electron chi connectivity index (χ4n) is 10.2. The Kier molecular flexibility index (Phi) is 12.3. The summed E-state index contributed by atoms with van der Waals surface area (Å²) in [6.45, 7) is 12.6. The van der Waals surface area contributed by atoms with Gasteiger partial charge in [0.25, 0.3) is 5.56 Å². The van der Waals surface area contributed by atoms with Gasteiger partial charge in [0.2, 0.25) is 17.8 Å². The number of fused-ring (bicyclic) bond motifs is 1. The second-order valence-electron chi connectivity index (χ2n) is 16.7. The molecule has 2 aromatic heterocycles. The van der Waals surface area contributed by atoms with Gasteiger partial charge in [0.15, 0.2) is 5.65 Å². The van der Waals surface area contributed by atoms with Crippen molar-refractivity contribution in [1.82, 2.24) is 24.8 Å². The fourth-order valence-corrected chi connectivity index (χ4v) is 10.2. The van der Waals surface area contributed by atoms with Crippen molar-refractivity contribution in [3.05, 3.63) is 83.3 Å². The molecule has 0 radical (unpaired) electrons. The molecule has 2 aromatic carbocycles. The van der Waals surface area contributed by atoms with E-state index in [1.54, 1.807) is 43.6 Å². The van der Waals surface area contributed by atoms with Crippen LogP contribution in [-0.2, 0) is 19.1 Å². The van der Waals surface area contributed by atoms with E-state index in [-0.39, 0.29) is 17.4 Å². The lowest BCUT2D eigenvalue weighted by atomic mass is 9.73. The average Bonchev–Trinajstić information content (AvgIpc) is 3.61. The maximum absolute atomic E-state index is 13.4. The monoisotopic (exact) mass is 804 g/mol. The van der Waals surface area contributed by atoms with Crippen LogP contribution in [0.5, 0.6) is 5.75 Å². The normalized spacial score (nSPS) is 22.1. The minimum Gasteiger partial charge on any atom is -0.494 e. The highest BCUT2D eigenvalue weighted by atomic mass is 16.5. The second-order valence-corrected chi connectivity index (χ2v) is 16.7. The number of piperazine rings is 1. The van der Waals surface area contributed by atoms with E-state index < -0.39 is 0 Å². The average molecular weight is 805 g/mol. The number of aryl methyl sites for hydroxylation is 1. The number of methoxy groups -OCH3 is 1. The topological polar surface area (TPSA) is 152 Å². The van der Waals surface area contributed by atoms with Crippen LogP contribution < -0.4 is 31.1 Å². The Morgan fingerprint density at radius 2 is 1.73 bits per heavy atom. The van der Waals surface area contributed by atoms with Gasteiger partial charge < -0.3 is 35.1 Å². The highest BCUT2D eigenvalue weighted by Crippen LogP contribution is 2.66. The van der Waals surface area contributed by atoms with Crippen LogP contribution in [0, 0.1) is 30.1 Å². The maximum Gasteiger partial charge on any atom is 0.257 e. The molecular weight excluding hydrogens is 749 g/mol. The lowest BCUT2D eigenvalue weighted by Gasteiger charge is -2.36. The number of rotatable bonds is 18. The van der Waals surface area contributed by atoms with Gasteiger partial charge in [-0.25, -0.2) is 4.98 Å². The predicted molar refractivity (Wildman–Crippen MR) is 229 cm³/mol. The summed E-state index contributed by atoms with van der Waals surface area (Å²) >= 11 is 0. The minimum atomic E-state index is -0.348. The van der Waals surface area contributed by atoms with E-state index in [0.29, 0.717) is 79.2 Å². The highest BCUT2D eigenvalue weighted by molar-refractivity contribution is 5.99. The van der Waals surface area contributed by atoms with E-state index in [0.717, 1.165) is 67.1 Å². The van der Waals surface area contributed by atoms with Crippen molar-refractivity contribution in [3.8, 4) is 11.4 Å². The van der Waals surface area contributed by atoms with Gasteiger partial charge in [0.1, 0.15) is 5.75 Å². The molecular formula is C45H56N8O6. The molecule has 4 aliphatic carbocycles. The molecule has 2 atom stereocenters. The number of ether oxygens (including phenoxy) is 3. The largest absolute Gasteiger partial charge is 0.494 e. The summed E-state index contributed by atoms with van der Waals surface area (Å²) in [6, 6.07) is 14.6. The van der Waals surface area contributed by atoms with Crippen LogP contribution >= 0.6 is 0 Å². The Balaban J connectivity index is 0.776. The molecule has 9 rings (SSSR count). The van der Waals surface area contributed by atoms with E-state index in [9.17, 15) is 14.4 Å². The number of carbonyl (C=O) groups excluding carboxylic acids is 2. The molecule has 3 N–H and O–H groups in total. The van der Waals surface area contributed by atoms with Gasteiger partial charge in [-0.15, -0.1) is 0 Å². The number of nitrogens with zero attached hydrogens (tertiary/aromatic N) is 5. The third-order valence-corrected chi connectivity index (χ3v) is 12.9. The van der Waals surface area contributed by atoms with E-state index >= 15 is 0 Å². The minimum absolute atomic E-state index is 0.197. The van der Waals surface area contributed by atoms with Crippen LogP contribution in [0.3, 0.4) is 0 Å². The number of benzene rings is 2. The van der Waals surface area contributed by atoms with Gasteiger partial charge in [0, 0.05) is 80.8 Å². The van der Waals surface area contributed by atoms with Crippen molar-refractivity contribution in [3.63, 3.8) is 0 Å². The number of amides is 2. The summed E-state index contributed by atoms with van der Waals surface area (Å²) in [5.74, 6) is 3.33. The molecule has 5 fully saturated rings. The first-order valence-corrected chi connectivity index (χ1v) is 21.0. The molecule has 2 unspecified atom stereocenters. The maximum atomic E-state index is 13.4. The van der Waals surface area contributed by atoms with Gasteiger partial charge in [0.05, 0.1) is 44.9 Å². The van der Waals surface area contributed by atoms with Gasteiger partial charge in [-0.1, -0.05) is 12.6 Å². The number of aromatic nitrogens is 3. The van der Waals surface area contributed by atoms with Gasteiger partial charge in [-0.05, 0) is 104 Å². The molecule has 2 amide bonds. The van der Waals surface area contributed by atoms with Gasteiger partial charge >= 0.3 is 0 Å². The molecule has 1 aliphatic heterocycles. The lowest BCUT2D eigenvalue weighted by molar-refractivity contribution is -0.124. The van der Waals surface area contributed by atoms with Crippen LogP contribution in [0.4, 0.5) is 23.0 Å². The van der Waals surface area contributed by atoms with Crippen molar-refractivity contribution >= 4 is 45.9 Å². The first-order chi connectivity index (χ1) is 28.7. The fraction of sp³-hybridized carbons (Fsp3) is 0.489. The molecule has 4 bridgehead atoms. The van der Waals surface area contributed by atoms with Crippen molar-refractivity contribution in [2.45, 2.75) is 45.4 Å². The molecule has 4 aromatic rings. The predicted octanol–water partition coefficient (Wildman–Crippen LogP) is 5.45. The Hall–Kier alpha value is -5.31. The Bertz CT molecular complexity index is 2220. The molecule has 14 heteroatoms. The Morgan fingerprint density at radius 1 is 0.949 bits per heavy atom. The zero-order valence-corrected chi connectivity index (χ0v) is 34.2. The molecule has 1 saturated heterocycles. The van der Waals surface area contributed by atoms with E-state index in [1.807, 2.05) is 19.1 Å².